The van der Waals surface area contributed by atoms with Crippen molar-refractivity contribution >= 4 is 12.0 Å². The fourth-order valence-electron chi connectivity index (χ4n) is 2.93. The molecule has 0 N–H and O–H groups in total. The molecule has 1 fully saturated rings. The van der Waals surface area contributed by atoms with Crippen molar-refractivity contribution in [3.05, 3.63) is 42.0 Å². The molecule has 1 aliphatic heterocycles. The molecule has 3 heteroatoms. The number of hydrogen-bond donors (Lipinski definition) is 0. The van der Waals surface area contributed by atoms with E-state index in [0.717, 1.165) is 32.6 Å². The Morgan fingerprint density at radius 1 is 1.26 bits per heavy atom. The lowest BCUT2D eigenvalue weighted by Crippen LogP contribution is -2.36. The van der Waals surface area contributed by atoms with Gasteiger partial charge >= 0.3 is 0 Å². The van der Waals surface area contributed by atoms with Crippen LogP contribution in [0.4, 0.5) is 0 Å². The summed E-state index contributed by atoms with van der Waals surface area (Å²) >= 11 is 0. The molecule has 0 atom stereocenters. The molecule has 0 radical (unpaired) electrons. The Labute approximate surface area is 140 Å². The van der Waals surface area contributed by atoms with Gasteiger partial charge in [-0.25, -0.2) is 0 Å². The average molecular weight is 315 g/mol. The summed E-state index contributed by atoms with van der Waals surface area (Å²) in [5.41, 5.74) is 1.17. The van der Waals surface area contributed by atoms with Gasteiger partial charge in [0, 0.05) is 32.7 Å². The zero-order chi connectivity index (χ0) is 16.5. The van der Waals surface area contributed by atoms with Gasteiger partial charge in [-0.3, -0.25) is 4.79 Å². The number of carbonyl (C=O) groups excluding carboxylic acids is 1. The zero-order valence-electron chi connectivity index (χ0n) is 14.4. The fourth-order valence-corrected chi connectivity index (χ4v) is 2.93. The molecule has 1 amide bonds. The maximum atomic E-state index is 12.6. The molecule has 126 valence electrons. The van der Waals surface area contributed by atoms with Gasteiger partial charge in [0.1, 0.15) is 0 Å². The smallest absolute Gasteiger partial charge is 0.223 e. The molecule has 0 bridgehead atoms. The van der Waals surface area contributed by atoms with E-state index < -0.39 is 0 Å². The predicted molar refractivity (Wildman–Crippen MR) is 95.1 cm³/mol. The SMILES string of the molecule is CC(C)CN(CC=Cc1ccccc1)C(=O)CC1CCOCC1. The van der Waals surface area contributed by atoms with Gasteiger partial charge in [0.05, 0.1) is 0 Å². The number of carbonyl (C=O) groups is 1. The normalized spacial score (nSPS) is 16.1. The van der Waals surface area contributed by atoms with Crippen LogP contribution in [0.1, 0.15) is 38.7 Å². The number of ether oxygens (including phenoxy) is 1. The first kappa shape index (κ1) is 17.7. The topological polar surface area (TPSA) is 29.5 Å². The highest BCUT2D eigenvalue weighted by atomic mass is 16.5. The first-order chi connectivity index (χ1) is 11.1. The Kier molecular flexibility index (Phi) is 7.34. The summed E-state index contributed by atoms with van der Waals surface area (Å²) in [6, 6.07) is 10.2. The monoisotopic (exact) mass is 315 g/mol. The third kappa shape index (κ3) is 6.57. The zero-order valence-corrected chi connectivity index (χ0v) is 14.4. The van der Waals surface area contributed by atoms with Crippen molar-refractivity contribution in [2.45, 2.75) is 33.1 Å². The molecule has 1 aromatic carbocycles. The van der Waals surface area contributed by atoms with Crippen LogP contribution >= 0.6 is 0 Å². The molecule has 23 heavy (non-hydrogen) atoms. The predicted octanol–water partition coefficient (Wildman–Crippen LogP) is 4.00. The second-order valence-corrected chi connectivity index (χ2v) is 6.77. The van der Waals surface area contributed by atoms with Crippen LogP contribution < -0.4 is 0 Å². The van der Waals surface area contributed by atoms with Crippen molar-refractivity contribution in [2.24, 2.45) is 11.8 Å². The largest absolute Gasteiger partial charge is 0.381 e. The van der Waals surface area contributed by atoms with Crippen LogP contribution in [0.15, 0.2) is 36.4 Å². The summed E-state index contributed by atoms with van der Waals surface area (Å²) in [6.07, 6.45) is 6.88. The number of hydrogen-bond acceptors (Lipinski definition) is 2. The van der Waals surface area contributed by atoms with Crippen molar-refractivity contribution in [1.29, 1.82) is 0 Å². The van der Waals surface area contributed by atoms with Gasteiger partial charge in [0.2, 0.25) is 5.91 Å². The molecule has 2 rings (SSSR count). The minimum absolute atomic E-state index is 0.281. The highest BCUT2D eigenvalue weighted by Crippen LogP contribution is 2.20. The molecule has 1 saturated heterocycles. The minimum Gasteiger partial charge on any atom is -0.381 e. The molecule has 0 spiro atoms. The Bertz CT molecular complexity index is 490. The molecule has 0 unspecified atom stereocenters. The number of rotatable bonds is 7. The van der Waals surface area contributed by atoms with Crippen LogP contribution in [0, 0.1) is 11.8 Å². The lowest BCUT2D eigenvalue weighted by atomic mass is 9.95. The first-order valence-corrected chi connectivity index (χ1v) is 8.72. The summed E-state index contributed by atoms with van der Waals surface area (Å²) in [7, 11) is 0. The third-order valence-corrected chi connectivity index (χ3v) is 4.18. The first-order valence-electron chi connectivity index (χ1n) is 8.72. The van der Waals surface area contributed by atoms with E-state index in [1.165, 1.54) is 5.56 Å². The molecule has 1 aliphatic rings. The van der Waals surface area contributed by atoms with Crippen molar-refractivity contribution in [1.82, 2.24) is 4.90 Å². The van der Waals surface area contributed by atoms with Crippen LogP contribution in [0.3, 0.4) is 0 Å². The summed E-state index contributed by atoms with van der Waals surface area (Å²) in [4.78, 5) is 14.6. The Balaban J connectivity index is 1.89. The molecule has 0 aromatic heterocycles. The third-order valence-electron chi connectivity index (χ3n) is 4.18. The van der Waals surface area contributed by atoms with Gasteiger partial charge in [0.15, 0.2) is 0 Å². The van der Waals surface area contributed by atoms with E-state index in [9.17, 15) is 4.79 Å². The average Bonchev–Trinajstić information content (AvgIpc) is 2.55. The number of nitrogens with zero attached hydrogens (tertiary/aromatic N) is 1. The minimum atomic E-state index is 0.281. The second-order valence-electron chi connectivity index (χ2n) is 6.77. The van der Waals surface area contributed by atoms with E-state index in [0.29, 0.717) is 24.8 Å². The summed E-state index contributed by atoms with van der Waals surface area (Å²) in [5, 5.41) is 0. The van der Waals surface area contributed by atoms with Crippen molar-refractivity contribution < 1.29 is 9.53 Å². The summed E-state index contributed by atoms with van der Waals surface area (Å²) < 4.78 is 5.38. The van der Waals surface area contributed by atoms with Gasteiger partial charge in [-0.05, 0) is 30.2 Å². The van der Waals surface area contributed by atoms with Crippen LogP contribution in [-0.2, 0) is 9.53 Å². The van der Waals surface area contributed by atoms with Gasteiger partial charge < -0.3 is 9.64 Å². The van der Waals surface area contributed by atoms with Crippen molar-refractivity contribution in [2.75, 3.05) is 26.3 Å². The highest BCUT2D eigenvalue weighted by molar-refractivity contribution is 5.76. The standard InChI is InChI=1S/C20H29NO2/c1-17(2)16-21(12-6-9-18-7-4-3-5-8-18)20(22)15-19-10-13-23-14-11-19/h3-9,17,19H,10-16H2,1-2H3. The van der Waals surface area contributed by atoms with Gasteiger partial charge in [-0.1, -0.05) is 56.3 Å². The lowest BCUT2D eigenvalue weighted by molar-refractivity contribution is -0.132. The second kappa shape index (κ2) is 9.51. The molecule has 1 heterocycles. The van der Waals surface area contributed by atoms with Crippen LogP contribution in [-0.4, -0.2) is 37.1 Å². The fraction of sp³-hybridized carbons (Fsp3) is 0.550. The van der Waals surface area contributed by atoms with Crippen molar-refractivity contribution in [3.63, 3.8) is 0 Å². The summed E-state index contributed by atoms with van der Waals surface area (Å²) in [6.45, 7) is 7.44. The van der Waals surface area contributed by atoms with Crippen molar-refractivity contribution in [3.8, 4) is 0 Å². The van der Waals surface area contributed by atoms with E-state index >= 15 is 0 Å². The lowest BCUT2D eigenvalue weighted by Gasteiger charge is -2.27. The maximum absolute atomic E-state index is 12.6. The quantitative estimate of drug-likeness (QED) is 0.761. The van der Waals surface area contributed by atoms with E-state index in [1.807, 2.05) is 23.1 Å². The maximum Gasteiger partial charge on any atom is 0.223 e. The van der Waals surface area contributed by atoms with Gasteiger partial charge in [-0.15, -0.1) is 0 Å². The van der Waals surface area contributed by atoms with E-state index in [-0.39, 0.29) is 5.91 Å². The molecule has 0 aliphatic carbocycles. The van der Waals surface area contributed by atoms with Gasteiger partial charge in [-0.2, -0.15) is 0 Å². The molecular formula is C20H29NO2. The Hall–Kier alpha value is -1.61. The van der Waals surface area contributed by atoms with Gasteiger partial charge in [0.25, 0.3) is 0 Å². The summed E-state index contributed by atoms with van der Waals surface area (Å²) in [5.74, 6) is 1.26. The number of amides is 1. The van der Waals surface area contributed by atoms with Crippen LogP contribution in [0.2, 0.25) is 0 Å². The Morgan fingerprint density at radius 2 is 1.96 bits per heavy atom. The Morgan fingerprint density at radius 3 is 2.61 bits per heavy atom. The molecule has 1 aromatic rings. The molecular weight excluding hydrogens is 286 g/mol. The molecule has 0 saturated carbocycles. The highest BCUT2D eigenvalue weighted by Gasteiger charge is 2.21. The molecule has 3 nitrogen and oxygen atoms in total. The number of benzene rings is 1. The van der Waals surface area contributed by atoms with E-state index in [4.69, 9.17) is 4.74 Å². The van der Waals surface area contributed by atoms with E-state index in [2.05, 4.69) is 38.1 Å². The van der Waals surface area contributed by atoms with Crippen LogP contribution in [0.25, 0.3) is 6.08 Å². The van der Waals surface area contributed by atoms with E-state index in [1.54, 1.807) is 0 Å². The van der Waals surface area contributed by atoms with Crippen LogP contribution in [0.5, 0.6) is 0 Å².